The topological polar surface area (TPSA) is 407 Å². The summed E-state index contributed by atoms with van der Waals surface area (Å²) in [6, 6.07) is 0. The molecule has 0 spiro atoms. The minimum Gasteiger partial charge on any atom is -0.394 e. The number of rotatable bonds is 12. The van der Waals surface area contributed by atoms with Crippen LogP contribution in [-0.4, -0.2) is 262 Å². The molecule has 0 amide bonds. The highest BCUT2D eigenvalue weighted by Gasteiger charge is 2.57. The van der Waals surface area contributed by atoms with Crippen molar-refractivity contribution in [1.82, 2.24) is 0 Å². The fourth-order valence-electron chi connectivity index (χ4n) is 6.69. The second kappa shape index (κ2) is 18.7. The summed E-state index contributed by atoms with van der Waals surface area (Å²) in [5.74, 6) is 0. The Balaban J connectivity index is 1.52. The fourth-order valence-corrected chi connectivity index (χ4v) is 6.69. The van der Waals surface area contributed by atoms with Crippen molar-refractivity contribution in [2.75, 3.05) is 33.0 Å². The van der Waals surface area contributed by atoms with E-state index in [2.05, 4.69) is 0 Å². The summed E-state index contributed by atoms with van der Waals surface area (Å²) in [5, 5.41) is 166. The molecule has 316 valence electrons. The Kier molecular flexibility index (Phi) is 15.3. The van der Waals surface area contributed by atoms with Crippen LogP contribution in [0.4, 0.5) is 0 Å². The molecule has 0 aromatic heterocycles. The predicted octanol–water partition coefficient (Wildman–Crippen LogP) is -11.3. The molecule has 5 aliphatic heterocycles. The first-order valence-corrected chi connectivity index (χ1v) is 17.0. The third-order valence-corrected chi connectivity index (χ3v) is 9.93. The lowest BCUT2D eigenvalue weighted by molar-refractivity contribution is -0.413. The Labute approximate surface area is 305 Å². The van der Waals surface area contributed by atoms with Crippen LogP contribution in [-0.2, 0) is 42.6 Å². The minimum absolute atomic E-state index is 0.593. The van der Waals surface area contributed by atoms with Gasteiger partial charge < -0.3 is 124 Å². The van der Waals surface area contributed by atoms with E-state index >= 15 is 0 Å². The molecule has 0 aliphatic carbocycles. The van der Waals surface area contributed by atoms with E-state index in [1.54, 1.807) is 0 Å². The van der Waals surface area contributed by atoms with Crippen molar-refractivity contribution in [3.8, 4) is 0 Å². The summed E-state index contributed by atoms with van der Waals surface area (Å²) in [6.45, 7) is -4.35. The average molecular weight is 799 g/mol. The Morgan fingerprint density at radius 3 is 1.39 bits per heavy atom. The maximum absolute atomic E-state index is 11.4. The third-order valence-electron chi connectivity index (χ3n) is 9.93. The van der Waals surface area contributed by atoms with Gasteiger partial charge in [0.15, 0.2) is 31.5 Å². The summed E-state index contributed by atoms with van der Waals surface area (Å²) in [6.07, 6.45) is -45.5. The van der Waals surface area contributed by atoms with Crippen LogP contribution >= 0.6 is 0 Å². The van der Waals surface area contributed by atoms with Crippen molar-refractivity contribution in [3.63, 3.8) is 0 Å². The van der Waals surface area contributed by atoms with Gasteiger partial charge in [0, 0.05) is 0 Å². The summed E-state index contributed by atoms with van der Waals surface area (Å²) in [5.41, 5.74) is 0. The standard InChI is InChI=1S/C29H50O25/c30-1-7-12(36)15(39)20(44)27(48-7)53-23-16(40)13(37)8(2-31)49-28(23)54-24-22(52-26-19(43)11(35)6(34)5-46-26)14(38)9(3-32)50-29(24)51-21-10(4-33)47-25(45)18(42)17(21)41/h6-45H,1-5H2/t6-,7-,8-,9-,10-,11+,12-,13-,14-,15+,16+,17-,18-,19-,20-,21+,22+,23-,24-,25-,26+,27+,28+,29+/m1/s1. The lowest BCUT2D eigenvalue weighted by atomic mass is 9.95. The molecule has 54 heavy (non-hydrogen) atoms. The van der Waals surface area contributed by atoms with E-state index in [9.17, 15) is 81.7 Å². The quantitative estimate of drug-likeness (QED) is 0.0871. The zero-order valence-electron chi connectivity index (χ0n) is 28.2. The van der Waals surface area contributed by atoms with E-state index < -0.39 is 180 Å². The van der Waals surface area contributed by atoms with Gasteiger partial charge in [0.1, 0.15) is 116 Å². The second-order valence-electron chi connectivity index (χ2n) is 13.5. The molecule has 16 N–H and O–H groups in total. The second-order valence-corrected chi connectivity index (χ2v) is 13.5. The molecule has 0 saturated carbocycles. The highest BCUT2D eigenvalue weighted by atomic mass is 16.8. The van der Waals surface area contributed by atoms with Gasteiger partial charge in [0.2, 0.25) is 0 Å². The van der Waals surface area contributed by atoms with Crippen LogP contribution in [0, 0.1) is 0 Å². The molecule has 0 bridgehead atoms. The highest BCUT2D eigenvalue weighted by molar-refractivity contribution is 4.99. The Morgan fingerprint density at radius 2 is 0.796 bits per heavy atom. The van der Waals surface area contributed by atoms with Gasteiger partial charge in [0.25, 0.3) is 0 Å². The van der Waals surface area contributed by atoms with Gasteiger partial charge >= 0.3 is 0 Å². The molecule has 0 unspecified atom stereocenters. The normalized spacial score (nSPS) is 53.3. The van der Waals surface area contributed by atoms with Crippen LogP contribution in [0.2, 0.25) is 0 Å². The van der Waals surface area contributed by atoms with E-state index in [0.717, 1.165) is 0 Å². The lowest BCUT2D eigenvalue weighted by Crippen LogP contribution is -2.69. The number of ether oxygens (including phenoxy) is 9. The fraction of sp³-hybridized carbons (Fsp3) is 1.00. The molecule has 5 heterocycles. The SMILES string of the molecule is OC[C@H]1O[C@@H](O[C@H]2[C@H](O[C@H]3[C@H](O[C@@H]4[C@H](O)[C@@H](O)[C@H](O)O[C@@H]4CO)O[C@H](CO)[C@@H](O)[C@@H]3O[C@@H]3OC[C@@H](O)[C@H](O)[C@H]3O)O[C@H](CO)[C@@H](O)[C@@H]2O)[C@H](O)[C@@H](O)[C@@H]1O. The Hall–Kier alpha value is -1.00. The van der Waals surface area contributed by atoms with E-state index in [1.165, 1.54) is 0 Å². The van der Waals surface area contributed by atoms with Gasteiger partial charge in [0.05, 0.1) is 33.0 Å². The van der Waals surface area contributed by atoms with Gasteiger partial charge in [-0.25, -0.2) is 0 Å². The Bertz CT molecular complexity index is 1160. The van der Waals surface area contributed by atoms with Crippen LogP contribution in [0.3, 0.4) is 0 Å². The highest BCUT2D eigenvalue weighted by Crippen LogP contribution is 2.37. The van der Waals surface area contributed by atoms with Crippen LogP contribution in [0.25, 0.3) is 0 Å². The summed E-state index contributed by atoms with van der Waals surface area (Å²) >= 11 is 0. The smallest absolute Gasteiger partial charge is 0.187 e. The lowest BCUT2D eigenvalue weighted by Gasteiger charge is -2.51. The first kappa shape index (κ1) is 44.1. The van der Waals surface area contributed by atoms with Crippen LogP contribution in [0.1, 0.15) is 0 Å². The van der Waals surface area contributed by atoms with Gasteiger partial charge in [-0.3, -0.25) is 0 Å². The number of hydrogen-bond acceptors (Lipinski definition) is 25. The average Bonchev–Trinajstić information content (AvgIpc) is 3.16. The molecule has 5 fully saturated rings. The molecule has 24 atom stereocenters. The van der Waals surface area contributed by atoms with Gasteiger partial charge in [-0.2, -0.15) is 0 Å². The van der Waals surface area contributed by atoms with Crippen molar-refractivity contribution in [2.24, 2.45) is 0 Å². The minimum atomic E-state index is -2.10. The van der Waals surface area contributed by atoms with Crippen LogP contribution in [0.15, 0.2) is 0 Å². The molecule has 25 heteroatoms. The Morgan fingerprint density at radius 1 is 0.352 bits per heavy atom. The summed E-state index contributed by atoms with van der Waals surface area (Å²) in [4.78, 5) is 0. The maximum atomic E-state index is 11.4. The zero-order chi connectivity index (χ0) is 39.8. The molecule has 25 nitrogen and oxygen atoms in total. The monoisotopic (exact) mass is 798 g/mol. The van der Waals surface area contributed by atoms with Crippen molar-refractivity contribution < 1.29 is 124 Å². The largest absolute Gasteiger partial charge is 0.394 e. The summed E-state index contributed by atoms with van der Waals surface area (Å²) in [7, 11) is 0. The first-order chi connectivity index (χ1) is 25.6. The van der Waals surface area contributed by atoms with Crippen molar-refractivity contribution in [3.05, 3.63) is 0 Å². The number of aliphatic hydroxyl groups is 16. The predicted molar refractivity (Wildman–Crippen MR) is 161 cm³/mol. The molecular formula is C29H50O25. The first-order valence-electron chi connectivity index (χ1n) is 17.0. The third kappa shape index (κ3) is 8.85. The molecule has 5 saturated heterocycles. The molecule has 5 aliphatic rings. The van der Waals surface area contributed by atoms with Gasteiger partial charge in [-0.05, 0) is 0 Å². The van der Waals surface area contributed by atoms with E-state index in [1.807, 2.05) is 0 Å². The van der Waals surface area contributed by atoms with Gasteiger partial charge in [-0.15, -0.1) is 0 Å². The van der Waals surface area contributed by atoms with E-state index in [4.69, 9.17) is 42.6 Å². The van der Waals surface area contributed by atoms with Crippen molar-refractivity contribution in [2.45, 2.75) is 147 Å². The summed E-state index contributed by atoms with van der Waals surface area (Å²) < 4.78 is 50.7. The molecule has 0 radical (unpaired) electrons. The van der Waals surface area contributed by atoms with E-state index in [-0.39, 0.29) is 0 Å². The molecule has 5 rings (SSSR count). The maximum Gasteiger partial charge on any atom is 0.187 e. The van der Waals surface area contributed by atoms with Crippen molar-refractivity contribution in [1.29, 1.82) is 0 Å². The molecular weight excluding hydrogens is 748 g/mol. The molecule has 0 aromatic carbocycles. The molecule has 0 aromatic rings. The number of aliphatic hydroxyl groups excluding tert-OH is 16. The number of hydrogen-bond donors (Lipinski definition) is 16. The van der Waals surface area contributed by atoms with Crippen LogP contribution in [0.5, 0.6) is 0 Å². The van der Waals surface area contributed by atoms with E-state index in [0.29, 0.717) is 0 Å². The van der Waals surface area contributed by atoms with Crippen molar-refractivity contribution >= 4 is 0 Å². The zero-order valence-corrected chi connectivity index (χ0v) is 28.2. The van der Waals surface area contributed by atoms with Gasteiger partial charge in [-0.1, -0.05) is 0 Å². The van der Waals surface area contributed by atoms with Crippen LogP contribution < -0.4 is 0 Å².